The van der Waals surface area contributed by atoms with Gasteiger partial charge in [0.25, 0.3) is 0 Å². The average molecular weight is 328 g/mol. The second-order valence-corrected chi connectivity index (χ2v) is 5.82. The lowest BCUT2D eigenvalue weighted by Crippen LogP contribution is -2.19. The number of fused-ring (bicyclic) bond motifs is 2. The van der Waals surface area contributed by atoms with Crippen LogP contribution in [-0.2, 0) is 0 Å². The first-order valence-electron chi connectivity index (χ1n) is 7.98. The Kier molecular flexibility index (Phi) is 3.74. The van der Waals surface area contributed by atoms with E-state index in [1.165, 1.54) is 0 Å². The summed E-state index contributed by atoms with van der Waals surface area (Å²) in [5.41, 5.74) is 4.06. The largest absolute Gasteiger partial charge is 0.323 e. The minimum Gasteiger partial charge on any atom is -0.308 e. The molecule has 0 fully saturated rings. The van der Waals surface area contributed by atoms with Gasteiger partial charge in [-0.15, -0.1) is 0 Å². The van der Waals surface area contributed by atoms with E-state index in [2.05, 4.69) is 20.6 Å². The Morgan fingerprint density at radius 2 is 1.80 bits per heavy atom. The predicted molar refractivity (Wildman–Crippen MR) is 101 cm³/mol. The highest BCUT2D eigenvalue weighted by atomic mass is 16.2. The first-order chi connectivity index (χ1) is 12.2. The molecule has 0 saturated heterocycles. The molecular weight excluding hydrogens is 312 g/mol. The summed E-state index contributed by atoms with van der Waals surface area (Å²) in [5.74, 6) is 0. The lowest BCUT2D eigenvalue weighted by molar-refractivity contribution is 0.262. The van der Waals surface area contributed by atoms with E-state index in [-0.39, 0.29) is 6.03 Å². The molecule has 2 heterocycles. The molecule has 122 valence electrons. The fraction of sp³-hybridized carbons (Fsp3) is 0.0500. The number of pyridine rings is 2. The molecule has 4 aromatic rings. The molecule has 0 bridgehead atoms. The van der Waals surface area contributed by atoms with Gasteiger partial charge >= 0.3 is 6.03 Å². The van der Waals surface area contributed by atoms with Gasteiger partial charge in [-0.2, -0.15) is 0 Å². The van der Waals surface area contributed by atoms with E-state index < -0.39 is 0 Å². The molecule has 0 aliphatic heterocycles. The number of nitrogens with zero attached hydrogens (tertiary/aromatic N) is 2. The first-order valence-corrected chi connectivity index (χ1v) is 7.98. The first kappa shape index (κ1) is 15.1. The van der Waals surface area contributed by atoms with Crippen LogP contribution in [0.3, 0.4) is 0 Å². The summed E-state index contributed by atoms with van der Waals surface area (Å²) in [6, 6.07) is 18.8. The van der Waals surface area contributed by atoms with Gasteiger partial charge in [0.05, 0.1) is 16.7 Å². The molecule has 0 radical (unpaired) electrons. The molecule has 0 atom stereocenters. The fourth-order valence-corrected chi connectivity index (χ4v) is 2.85. The van der Waals surface area contributed by atoms with E-state index in [1.807, 2.05) is 67.6 Å². The van der Waals surface area contributed by atoms with E-state index in [9.17, 15) is 4.79 Å². The molecule has 2 N–H and O–H groups in total. The minimum absolute atomic E-state index is 0.293. The highest BCUT2D eigenvalue weighted by Crippen LogP contribution is 2.23. The third kappa shape index (κ3) is 3.12. The Hall–Kier alpha value is -3.47. The number of para-hydroxylation sites is 1. The van der Waals surface area contributed by atoms with E-state index in [0.29, 0.717) is 5.69 Å². The van der Waals surface area contributed by atoms with Crippen molar-refractivity contribution in [2.24, 2.45) is 0 Å². The number of amides is 2. The number of hydrogen-bond donors (Lipinski definition) is 2. The number of rotatable bonds is 2. The molecule has 0 unspecified atom stereocenters. The van der Waals surface area contributed by atoms with E-state index >= 15 is 0 Å². The SMILES string of the molecule is Cc1cc(NC(=O)Nc2ccc3ncccc3c2)c2ccccc2n1. The normalized spacial score (nSPS) is 10.8. The van der Waals surface area contributed by atoms with Crippen molar-refractivity contribution in [3.8, 4) is 0 Å². The van der Waals surface area contributed by atoms with Gasteiger partial charge in [-0.05, 0) is 43.3 Å². The summed E-state index contributed by atoms with van der Waals surface area (Å²) in [7, 11) is 0. The minimum atomic E-state index is -0.293. The van der Waals surface area contributed by atoms with Gasteiger partial charge in [0.1, 0.15) is 0 Å². The van der Waals surface area contributed by atoms with Crippen molar-refractivity contribution in [1.29, 1.82) is 0 Å². The standard InChI is InChI=1S/C20H16N4O/c1-13-11-19(16-6-2-3-7-18(16)22-13)24-20(25)23-15-8-9-17-14(12-15)5-4-10-21-17/h2-12H,1H3,(H2,22,23,24,25). The lowest BCUT2D eigenvalue weighted by atomic mass is 10.1. The van der Waals surface area contributed by atoms with Gasteiger partial charge < -0.3 is 10.6 Å². The highest BCUT2D eigenvalue weighted by molar-refractivity contribution is 6.06. The van der Waals surface area contributed by atoms with Gasteiger partial charge in [-0.1, -0.05) is 24.3 Å². The number of hydrogen-bond acceptors (Lipinski definition) is 3. The Morgan fingerprint density at radius 3 is 2.72 bits per heavy atom. The van der Waals surface area contributed by atoms with E-state index in [4.69, 9.17) is 0 Å². The van der Waals surface area contributed by atoms with Crippen LogP contribution in [0.1, 0.15) is 5.69 Å². The average Bonchev–Trinajstić information content (AvgIpc) is 2.61. The van der Waals surface area contributed by atoms with Crippen LogP contribution in [0, 0.1) is 6.92 Å². The topological polar surface area (TPSA) is 66.9 Å². The van der Waals surface area contributed by atoms with Crippen molar-refractivity contribution in [3.63, 3.8) is 0 Å². The van der Waals surface area contributed by atoms with Crippen molar-refractivity contribution in [3.05, 3.63) is 72.6 Å². The summed E-state index contributed by atoms with van der Waals surface area (Å²) in [6.07, 6.45) is 1.75. The molecule has 0 spiro atoms. The molecule has 5 heteroatoms. The quantitative estimate of drug-likeness (QED) is 0.559. The van der Waals surface area contributed by atoms with Crippen LogP contribution in [0.2, 0.25) is 0 Å². The summed E-state index contributed by atoms with van der Waals surface area (Å²) in [4.78, 5) is 21.2. The van der Waals surface area contributed by atoms with Gasteiger partial charge in [0.2, 0.25) is 0 Å². The van der Waals surface area contributed by atoms with Gasteiger partial charge in [0, 0.05) is 28.4 Å². The number of urea groups is 1. The van der Waals surface area contributed by atoms with Crippen molar-refractivity contribution in [2.75, 3.05) is 10.6 Å². The Morgan fingerprint density at radius 1 is 0.920 bits per heavy atom. The van der Waals surface area contributed by atoms with Crippen molar-refractivity contribution < 1.29 is 4.79 Å². The Labute approximate surface area is 144 Å². The molecule has 2 amide bonds. The van der Waals surface area contributed by atoms with Gasteiger partial charge in [-0.3, -0.25) is 9.97 Å². The van der Waals surface area contributed by atoms with Crippen LogP contribution < -0.4 is 10.6 Å². The molecule has 25 heavy (non-hydrogen) atoms. The lowest BCUT2D eigenvalue weighted by Gasteiger charge is -2.11. The maximum absolute atomic E-state index is 12.4. The predicted octanol–water partition coefficient (Wildman–Crippen LogP) is 4.74. The van der Waals surface area contributed by atoms with E-state index in [1.54, 1.807) is 6.20 Å². The molecule has 4 rings (SSSR count). The van der Waals surface area contributed by atoms with Gasteiger partial charge in [0.15, 0.2) is 0 Å². The van der Waals surface area contributed by atoms with Crippen LogP contribution in [0.15, 0.2) is 66.9 Å². The molecule has 5 nitrogen and oxygen atoms in total. The number of aromatic nitrogens is 2. The summed E-state index contributed by atoms with van der Waals surface area (Å²) < 4.78 is 0. The van der Waals surface area contributed by atoms with Crippen molar-refractivity contribution in [2.45, 2.75) is 6.92 Å². The second-order valence-electron chi connectivity index (χ2n) is 5.82. The number of benzene rings is 2. The Balaban J connectivity index is 1.59. The number of nitrogens with one attached hydrogen (secondary N) is 2. The molecular formula is C20H16N4O. The van der Waals surface area contributed by atoms with Crippen LogP contribution in [0.5, 0.6) is 0 Å². The third-order valence-electron chi connectivity index (χ3n) is 3.95. The zero-order valence-corrected chi connectivity index (χ0v) is 13.7. The third-order valence-corrected chi connectivity index (χ3v) is 3.95. The molecule has 2 aromatic heterocycles. The smallest absolute Gasteiger partial charge is 0.308 e. The van der Waals surface area contributed by atoms with Crippen molar-refractivity contribution >= 4 is 39.2 Å². The molecule has 2 aromatic carbocycles. The fourth-order valence-electron chi connectivity index (χ4n) is 2.85. The molecule has 0 aliphatic carbocycles. The van der Waals surface area contributed by atoms with Crippen LogP contribution in [0.4, 0.5) is 16.2 Å². The number of anilines is 2. The zero-order chi connectivity index (χ0) is 17.2. The van der Waals surface area contributed by atoms with Crippen LogP contribution >= 0.6 is 0 Å². The molecule has 0 aliphatic rings. The highest BCUT2D eigenvalue weighted by Gasteiger charge is 2.08. The Bertz CT molecular complexity index is 1090. The summed E-state index contributed by atoms with van der Waals surface area (Å²) >= 11 is 0. The maximum atomic E-state index is 12.4. The van der Waals surface area contributed by atoms with Crippen LogP contribution in [0.25, 0.3) is 21.8 Å². The molecule has 0 saturated carbocycles. The number of aryl methyl sites for hydroxylation is 1. The summed E-state index contributed by atoms with van der Waals surface area (Å²) in [5, 5.41) is 7.67. The second kappa shape index (κ2) is 6.20. The summed E-state index contributed by atoms with van der Waals surface area (Å²) in [6.45, 7) is 1.91. The maximum Gasteiger partial charge on any atom is 0.323 e. The van der Waals surface area contributed by atoms with Gasteiger partial charge in [-0.25, -0.2) is 4.79 Å². The van der Waals surface area contributed by atoms with E-state index in [0.717, 1.165) is 33.2 Å². The van der Waals surface area contributed by atoms with Crippen molar-refractivity contribution in [1.82, 2.24) is 9.97 Å². The van der Waals surface area contributed by atoms with Crippen LogP contribution in [-0.4, -0.2) is 16.0 Å². The monoisotopic (exact) mass is 328 g/mol. The number of carbonyl (C=O) groups excluding carboxylic acids is 1. The number of carbonyl (C=O) groups is 1. The zero-order valence-electron chi connectivity index (χ0n) is 13.7.